The quantitative estimate of drug-likeness (QED) is 0.734. The van der Waals surface area contributed by atoms with Gasteiger partial charge in [-0.3, -0.25) is 4.79 Å². The molecule has 0 fully saturated rings. The second-order valence-corrected chi connectivity index (χ2v) is 4.16. The Bertz CT molecular complexity index is 533. The lowest BCUT2D eigenvalue weighted by Crippen LogP contribution is -1.98. The Labute approximate surface area is 108 Å². The largest absolute Gasteiger partial charge is 0.870 e. The fourth-order valence-electron chi connectivity index (χ4n) is 1.28. The number of hydrogen-bond acceptors (Lipinski definition) is 3. The third kappa shape index (κ3) is 2.75. The highest BCUT2D eigenvalue weighted by Crippen LogP contribution is 2.33. The van der Waals surface area contributed by atoms with Crippen molar-refractivity contribution in [2.75, 3.05) is 0 Å². The smallest absolute Gasteiger partial charge is 0.178 e. The first-order valence-corrected chi connectivity index (χ1v) is 5.47. The van der Waals surface area contributed by atoms with Crippen molar-refractivity contribution in [2.45, 2.75) is 0 Å². The highest BCUT2D eigenvalue weighted by atomic mass is 35.5. The molecule has 0 amide bonds. The van der Waals surface area contributed by atoms with Crippen LogP contribution in [0.2, 0.25) is 10.0 Å². The molecule has 1 aliphatic rings. The van der Waals surface area contributed by atoms with Crippen LogP contribution in [-0.4, -0.2) is 11.5 Å². The SMILES string of the molecule is O=C1C=CC(=Nc2cc(Cl)c([O-])c(Cl)c2)C=C1. The van der Waals surface area contributed by atoms with Gasteiger partial charge in [0.05, 0.1) is 11.4 Å². The van der Waals surface area contributed by atoms with Gasteiger partial charge in [0.15, 0.2) is 5.78 Å². The van der Waals surface area contributed by atoms with E-state index in [0.29, 0.717) is 11.4 Å². The summed E-state index contributed by atoms with van der Waals surface area (Å²) in [4.78, 5) is 15.1. The molecule has 0 unspecified atom stereocenters. The molecule has 5 heteroatoms. The lowest BCUT2D eigenvalue weighted by atomic mass is 10.1. The molecular formula is C12H6Cl2NO2-. The van der Waals surface area contributed by atoms with Gasteiger partial charge in [-0.15, -0.1) is 0 Å². The van der Waals surface area contributed by atoms with E-state index in [4.69, 9.17) is 23.2 Å². The Morgan fingerprint density at radius 1 is 1.00 bits per heavy atom. The van der Waals surface area contributed by atoms with E-state index in [1.807, 2.05) is 0 Å². The van der Waals surface area contributed by atoms with Crippen LogP contribution in [0.4, 0.5) is 5.69 Å². The molecule has 0 bridgehead atoms. The van der Waals surface area contributed by atoms with Gasteiger partial charge in [0.1, 0.15) is 0 Å². The van der Waals surface area contributed by atoms with Crippen molar-refractivity contribution in [1.82, 2.24) is 0 Å². The molecule has 0 saturated carbocycles. The fraction of sp³-hybridized carbons (Fsp3) is 0. The number of aliphatic imine (C=N–C) groups is 1. The summed E-state index contributed by atoms with van der Waals surface area (Å²) in [6.45, 7) is 0. The van der Waals surface area contributed by atoms with Gasteiger partial charge in [-0.05, 0) is 36.4 Å². The Morgan fingerprint density at radius 3 is 2.06 bits per heavy atom. The molecule has 0 heterocycles. The molecule has 0 atom stereocenters. The average molecular weight is 267 g/mol. The summed E-state index contributed by atoms with van der Waals surface area (Å²) in [6.07, 6.45) is 5.97. The lowest BCUT2D eigenvalue weighted by molar-refractivity contribution is -0.268. The third-order valence-corrected chi connectivity index (χ3v) is 2.64. The van der Waals surface area contributed by atoms with E-state index in [1.165, 1.54) is 24.3 Å². The van der Waals surface area contributed by atoms with E-state index in [0.717, 1.165) is 0 Å². The second kappa shape index (κ2) is 4.73. The third-order valence-electron chi connectivity index (χ3n) is 2.08. The van der Waals surface area contributed by atoms with Crippen molar-refractivity contribution in [3.8, 4) is 5.75 Å². The van der Waals surface area contributed by atoms with E-state index < -0.39 is 5.75 Å². The summed E-state index contributed by atoms with van der Waals surface area (Å²) >= 11 is 11.4. The first-order valence-electron chi connectivity index (χ1n) is 4.71. The molecule has 2 rings (SSSR count). The monoisotopic (exact) mass is 266 g/mol. The number of ketones is 1. The van der Waals surface area contributed by atoms with Crippen LogP contribution >= 0.6 is 23.2 Å². The van der Waals surface area contributed by atoms with Gasteiger partial charge in [0, 0.05) is 10.0 Å². The minimum absolute atomic E-state index is 0.0247. The number of halogens is 2. The van der Waals surface area contributed by atoms with Gasteiger partial charge in [0.25, 0.3) is 0 Å². The molecule has 0 aliphatic heterocycles. The van der Waals surface area contributed by atoms with E-state index in [2.05, 4.69) is 4.99 Å². The van der Waals surface area contributed by atoms with E-state index in [9.17, 15) is 9.90 Å². The zero-order valence-electron chi connectivity index (χ0n) is 8.48. The Morgan fingerprint density at radius 2 is 1.53 bits per heavy atom. The molecular weight excluding hydrogens is 261 g/mol. The van der Waals surface area contributed by atoms with Crippen LogP contribution in [0.25, 0.3) is 0 Å². The molecule has 0 aromatic heterocycles. The van der Waals surface area contributed by atoms with Crippen molar-refractivity contribution in [2.24, 2.45) is 4.99 Å². The zero-order valence-corrected chi connectivity index (χ0v) is 10.00. The summed E-state index contributed by atoms with van der Waals surface area (Å²) in [5.41, 5.74) is 1.06. The predicted molar refractivity (Wildman–Crippen MR) is 66.3 cm³/mol. The van der Waals surface area contributed by atoms with E-state index >= 15 is 0 Å². The summed E-state index contributed by atoms with van der Waals surface area (Å²) in [6, 6.07) is 2.86. The normalized spacial score (nSPS) is 14.2. The van der Waals surface area contributed by atoms with Gasteiger partial charge < -0.3 is 5.11 Å². The van der Waals surface area contributed by atoms with Crippen LogP contribution in [0.5, 0.6) is 5.75 Å². The number of allylic oxidation sites excluding steroid dienone is 4. The standard InChI is InChI=1S/C12H7Cl2NO2/c13-10-5-8(6-11(14)12(10)17)15-7-1-3-9(16)4-2-7/h1-6,17H/p-1. The number of hydrogen-bond donors (Lipinski definition) is 0. The summed E-state index contributed by atoms with van der Waals surface area (Å²) in [5, 5.41) is 11.3. The second-order valence-electron chi connectivity index (χ2n) is 3.34. The first-order chi connectivity index (χ1) is 8.06. The maximum absolute atomic E-state index is 11.3. The number of carbonyl (C=O) groups excluding carboxylic acids is 1. The molecule has 3 nitrogen and oxygen atoms in total. The van der Waals surface area contributed by atoms with Gasteiger partial charge in [0.2, 0.25) is 0 Å². The van der Waals surface area contributed by atoms with Crippen molar-refractivity contribution in [1.29, 1.82) is 0 Å². The van der Waals surface area contributed by atoms with Crippen LogP contribution in [0.3, 0.4) is 0 Å². The molecule has 0 spiro atoms. The average Bonchev–Trinajstić information content (AvgIpc) is 2.29. The molecule has 0 saturated heterocycles. The molecule has 17 heavy (non-hydrogen) atoms. The van der Waals surface area contributed by atoms with E-state index in [1.54, 1.807) is 12.2 Å². The van der Waals surface area contributed by atoms with Gasteiger partial charge in [-0.2, -0.15) is 0 Å². The summed E-state index contributed by atoms with van der Waals surface area (Å²) in [7, 11) is 0. The van der Waals surface area contributed by atoms with Crippen molar-refractivity contribution in [3.05, 3.63) is 46.5 Å². The highest BCUT2D eigenvalue weighted by molar-refractivity contribution is 6.37. The van der Waals surface area contributed by atoms with Gasteiger partial charge >= 0.3 is 0 Å². The van der Waals surface area contributed by atoms with Crippen molar-refractivity contribution in [3.63, 3.8) is 0 Å². The molecule has 86 valence electrons. The predicted octanol–water partition coefficient (Wildman–Crippen LogP) is 2.83. The number of rotatable bonds is 1. The minimum atomic E-state index is -0.415. The Balaban J connectivity index is 2.37. The van der Waals surface area contributed by atoms with Crippen LogP contribution in [0.1, 0.15) is 0 Å². The maximum Gasteiger partial charge on any atom is 0.178 e. The van der Waals surface area contributed by atoms with Crippen LogP contribution in [0, 0.1) is 0 Å². The van der Waals surface area contributed by atoms with Gasteiger partial charge in [-0.25, -0.2) is 4.99 Å². The minimum Gasteiger partial charge on any atom is -0.870 e. The highest BCUT2D eigenvalue weighted by Gasteiger charge is 2.02. The Kier molecular flexibility index (Phi) is 3.31. The van der Waals surface area contributed by atoms with Gasteiger partial charge in [-0.1, -0.05) is 29.0 Å². The lowest BCUT2D eigenvalue weighted by Gasteiger charge is -2.11. The fourth-order valence-corrected chi connectivity index (χ4v) is 1.76. The molecule has 1 aromatic carbocycles. The summed E-state index contributed by atoms with van der Waals surface area (Å²) < 4.78 is 0. The number of carbonyl (C=O) groups is 1. The Hall–Kier alpha value is -1.58. The van der Waals surface area contributed by atoms with Crippen molar-refractivity contribution >= 4 is 40.4 Å². The maximum atomic E-state index is 11.3. The number of nitrogens with zero attached hydrogens (tertiary/aromatic N) is 1. The van der Waals surface area contributed by atoms with E-state index in [-0.39, 0.29) is 15.8 Å². The van der Waals surface area contributed by atoms with Crippen LogP contribution in [-0.2, 0) is 4.79 Å². The zero-order chi connectivity index (χ0) is 12.4. The first kappa shape index (κ1) is 11.9. The van der Waals surface area contributed by atoms with Crippen LogP contribution in [0.15, 0.2) is 41.4 Å². The molecule has 0 radical (unpaired) electrons. The molecule has 1 aliphatic carbocycles. The summed E-state index contributed by atoms with van der Waals surface area (Å²) in [5.74, 6) is -0.503. The molecule has 0 N–H and O–H groups in total. The topological polar surface area (TPSA) is 52.5 Å². The molecule has 1 aromatic rings. The van der Waals surface area contributed by atoms with Crippen molar-refractivity contribution < 1.29 is 9.90 Å². The van der Waals surface area contributed by atoms with Crippen LogP contribution < -0.4 is 5.11 Å². The number of benzene rings is 1.